The first kappa shape index (κ1) is 15.7. The van der Waals surface area contributed by atoms with Crippen LogP contribution in [0.2, 0.25) is 0 Å². The van der Waals surface area contributed by atoms with E-state index in [2.05, 4.69) is 4.72 Å². The lowest BCUT2D eigenvalue weighted by molar-refractivity contribution is 0.199. The topological polar surface area (TPSA) is 66.4 Å². The molecule has 0 fully saturated rings. The Hall–Kier alpha value is -1.69. The zero-order chi connectivity index (χ0) is 15.3. The molecule has 1 unspecified atom stereocenters. The number of aliphatic hydroxyl groups is 1. The van der Waals surface area contributed by atoms with E-state index in [9.17, 15) is 13.5 Å². The third-order valence-electron chi connectivity index (χ3n) is 3.20. The van der Waals surface area contributed by atoms with Gasteiger partial charge in [0.05, 0.1) is 11.0 Å². The predicted molar refractivity (Wildman–Crippen MR) is 82.4 cm³/mol. The van der Waals surface area contributed by atoms with E-state index >= 15 is 0 Å². The molecule has 5 heteroatoms. The standard InChI is InChI=1S/C16H19NO3S/c1-13(18)15-8-5-9-16(12-15)21(19,20)17-11-10-14-6-3-2-4-7-14/h2-9,12-13,17-18H,10-11H2,1H3. The van der Waals surface area contributed by atoms with Crippen molar-refractivity contribution in [3.63, 3.8) is 0 Å². The normalized spacial score (nSPS) is 13.0. The van der Waals surface area contributed by atoms with Crippen LogP contribution in [0.25, 0.3) is 0 Å². The highest BCUT2D eigenvalue weighted by atomic mass is 32.2. The number of hydrogen-bond donors (Lipinski definition) is 2. The first-order chi connectivity index (χ1) is 9.99. The molecule has 0 aliphatic heterocycles. The number of hydrogen-bond acceptors (Lipinski definition) is 3. The Morgan fingerprint density at radius 3 is 2.48 bits per heavy atom. The molecule has 0 heterocycles. The van der Waals surface area contributed by atoms with Gasteiger partial charge in [-0.2, -0.15) is 0 Å². The van der Waals surface area contributed by atoms with Gasteiger partial charge in [-0.25, -0.2) is 13.1 Å². The van der Waals surface area contributed by atoms with Crippen molar-refractivity contribution in [2.75, 3.05) is 6.54 Å². The minimum atomic E-state index is -3.55. The molecular formula is C16H19NO3S. The van der Waals surface area contributed by atoms with E-state index in [-0.39, 0.29) is 4.90 Å². The summed E-state index contributed by atoms with van der Waals surface area (Å²) in [4.78, 5) is 0.175. The van der Waals surface area contributed by atoms with Crippen molar-refractivity contribution in [2.45, 2.75) is 24.3 Å². The molecule has 2 aromatic rings. The van der Waals surface area contributed by atoms with E-state index in [0.717, 1.165) is 5.56 Å². The van der Waals surface area contributed by atoms with Gasteiger partial charge >= 0.3 is 0 Å². The number of aliphatic hydroxyl groups excluding tert-OH is 1. The van der Waals surface area contributed by atoms with Gasteiger partial charge in [0.1, 0.15) is 0 Å². The van der Waals surface area contributed by atoms with Crippen LogP contribution < -0.4 is 4.72 Å². The summed E-state index contributed by atoms with van der Waals surface area (Å²) in [7, 11) is -3.55. The Balaban J connectivity index is 2.03. The molecule has 0 aliphatic carbocycles. The van der Waals surface area contributed by atoms with Crippen molar-refractivity contribution in [1.82, 2.24) is 4.72 Å². The van der Waals surface area contributed by atoms with Crippen LogP contribution in [0, 0.1) is 0 Å². The van der Waals surface area contributed by atoms with Gasteiger partial charge in [0.25, 0.3) is 0 Å². The third-order valence-corrected chi connectivity index (χ3v) is 4.66. The van der Waals surface area contributed by atoms with Gasteiger partial charge in [-0.3, -0.25) is 0 Å². The largest absolute Gasteiger partial charge is 0.389 e. The lowest BCUT2D eigenvalue weighted by atomic mass is 10.1. The summed E-state index contributed by atoms with van der Waals surface area (Å²) < 4.78 is 27.0. The first-order valence-corrected chi connectivity index (χ1v) is 8.29. The van der Waals surface area contributed by atoms with E-state index in [1.165, 1.54) is 12.1 Å². The maximum Gasteiger partial charge on any atom is 0.240 e. The molecule has 2 aromatic carbocycles. The molecule has 0 amide bonds. The van der Waals surface area contributed by atoms with Crippen LogP contribution in [0.4, 0.5) is 0 Å². The molecule has 21 heavy (non-hydrogen) atoms. The van der Waals surface area contributed by atoms with Crippen LogP contribution in [-0.4, -0.2) is 20.1 Å². The van der Waals surface area contributed by atoms with Crippen molar-refractivity contribution in [1.29, 1.82) is 0 Å². The lowest BCUT2D eigenvalue weighted by Gasteiger charge is -2.10. The lowest BCUT2D eigenvalue weighted by Crippen LogP contribution is -2.26. The SMILES string of the molecule is CC(O)c1cccc(S(=O)(=O)NCCc2ccccc2)c1. The van der Waals surface area contributed by atoms with Gasteiger partial charge in [0.15, 0.2) is 0 Å². The van der Waals surface area contributed by atoms with Crippen LogP contribution >= 0.6 is 0 Å². The molecule has 2 rings (SSSR count). The Morgan fingerprint density at radius 2 is 1.81 bits per heavy atom. The maximum atomic E-state index is 12.2. The summed E-state index contributed by atoms with van der Waals surface area (Å²) in [5.74, 6) is 0. The second-order valence-corrected chi connectivity index (χ2v) is 6.65. The molecule has 0 radical (unpaired) electrons. The minimum Gasteiger partial charge on any atom is -0.389 e. The number of rotatable bonds is 6. The van der Waals surface area contributed by atoms with Crippen molar-refractivity contribution in [3.05, 3.63) is 65.7 Å². The second-order valence-electron chi connectivity index (χ2n) is 4.88. The minimum absolute atomic E-state index is 0.175. The number of sulfonamides is 1. The van der Waals surface area contributed by atoms with Crippen LogP contribution in [0.15, 0.2) is 59.5 Å². The van der Waals surface area contributed by atoms with Gasteiger partial charge in [-0.05, 0) is 36.6 Å². The molecule has 0 aliphatic rings. The van der Waals surface area contributed by atoms with E-state index in [1.807, 2.05) is 30.3 Å². The second kappa shape index (κ2) is 6.85. The van der Waals surface area contributed by atoms with Crippen molar-refractivity contribution in [3.8, 4) is 0 Å². The summed E-state index contributed by atoms with van der Waals surface area (Å²) in [6.07, 6.45) is -0.0552. The molecular weight excluding hydrogens is 286 g/mol. The average molecular weight is 305 g/mol. The Kier molecular flexibility index (Phi) is 5.12. The first-order valence-electron chi connectivity index (χ1n) is 6.80. The molecule has 0 spiro atoms. The van der Waals surface area contributed by atoms with Crippen molar-refractivity contribution < 1.29 is 13.5 Å². The highest BCUT2D eigenvalue weighted by Gasteiger charge is 2.14. The molecule has 0 saturated heterocycles. The average Bonchev–Trinajstić information content (AvgIpc) is 2.48. The quantitative estimate of drug-likeness (QED) is 0.860. The van der Waals surface area contributed by atoms with E-state index in [0.29, 0.717) is 18.5 Å². The Labute approximate surface area is 125 Å². The molecule has 2 N–H and O–H groups in total. The molecule has 4 nitrogen and oxygen atoms in total. The zero-order valence-corrected chi connectivity index (χ0v) is 12.7. The summed E-state index contributed by atoms with van der Waals surface area (Å²) in [6.45, 7) is 1.94. The van der Waals surface area contributed by atoms with Gasteiger partial charge in [0, 0.05) is 6.54 Å². The summed E-state index contributed by atoms with van der Waals surface area (Å²) >= 11 is 0. The molecule has 0 bridgehead atoms. The van der Waals surface area contributed by atoms with Gasteiger partial charge < -0.3 is 5.11 Å². The number of benzene rings is 2. The Morgan fingerprint density at radius 1 is 1.10 bits per heavy atom. The van der Waals surface area contributed by atoms with E-state index < -0.39 is 16.1 Å². The van der Waals surface area contributed by atoms with Crippen LogP contribution in [0.3, 0.4) is 0 Å². The fourth-order valence-corrected chi connectivity index (χ4v) is 3.09. The fourth-order valence-electron chi connectivity index (χ4n) is 2.00. The van der Waals surface area contributed by atoms with Gasteiger partial charge in [-0.1, -0.05) is 42.5 Å². The highest BCUT2D eigenvalue weighted by Crippen LogP contribution is 2.17. The van der Waals surface area contributed by atoms with Gasteiger partial charge in [-0.15, -0.1) is 0 Å². The van der Waals surface area contributed by atoms with Crippen molar-refractivity contribution >= 4 is 10.0 Å². The summed E-state index contributed by atoms with van der Waals surface area (Å²) in [6, 6.07) is 16.1. The molecule has 0 aromatic heterocycles. The van der Waals surface area contributed by atoms with Gasteiger partial charge in [0.2, 0.25) is 10.0 Å². The highest BCUT2D eigenvalue weighted by molar-refractivity contribution is 7.89. The van der Waals surface area contributed by atoms with Crippen LogP contribution in [0.5, 0.6) is 0 Å². The molecule has 0 saturated carbocycles. The van der Waals surface area contributed by atoms with Crippen LogP contribution in [0.1, 0.15) is 24.2 Å². The van der Waals surface area contributed by atoms with E-state index in [1.54, 1.807) is 19.1 Å². The predicted octanol–water partition coefficient (Wildman–Crippen LogP) is 2.26. The summed E-state index contributed by atoms with van der Waals surface area (Å²) in [5, 5.41) is 9.52. The maximum absolute atomic E-state index is 12.2. The summed E-state index contributed by atoms with van der Waals surface area (Å²) in [5.41, 5.74) is 1.67. The molecule has 1 atom stereocenters. The number of nitrogens with one attached hydrogen (secondary N) is 1. The Bertz CT molecular complexity index is 682. The van der Waals surface area contributed by atoms with Crippen LogP contribution in [-0.2, 0) is 16.4 Å². The monoisotopic (exact) mass is 305 g/mol. The van der Waals surface area contributed by atoms with E-state index in [4.69, 9.17) is 0 Å². The zero-order valence-electron chi connectivity index (χ0n) is 11.9. The fraction of sp³-hybridized carbons (Fsp3) is 0.250. The third kappa shape index (κ3) is 4.39. The molecule has 112 valence electrons. The smallest absolute Gasteiger partial charge is 0.240 e. The van der Waals surface area contributed by atoms with Crippen molar-refractivity contribution in [2.24, 2.45) is 0 Å².